The van der Waals surface area contributed by atoms with Gasteiger partial charge in [0.05, 0.1) is 49.0 Å². The monoisotopic (exact) mass is 421 g/mol. The van der Waals surface area contributed by atoms with Crippen LogP contribution in [0, 0.1) is 5.82 Å². The minimum Gasteiger partial charge on any atom is -0.481 e. The molecule has 3 unspecified atom stereocenters. The van der Waals surface area contributed by atoms with Crippen LogP contribution in [0.4, 0.5) is 9.18 Å². The lowest BCUT2D eigenvalue weighted by atomic mass is 9.90. The number of piperidine rings is 1. The molecular formula is C21H30FN4O4+. The lowest BCUT2D eigenvalue weighted by Crippen LogP contribution is -2.70. The molecule has 3 rings (SSSR count). The minimum atomic E-state index is -1.14. The number of hydrogen-bond acceptors (Lipinski definition) is 5. The van der Waals surface area contributed by atoms with Gasteiger partial charge in [0.2, 0.25) is 5.88 Å². The summed E-state index contributed by atoms with van der Waals surface area (Å²) < 4.78 is 20.5. The molecule has 0 aliphatic carbocycles. The third-order valence-electron chi connectivity index (χ3n) is 6.34. The van der Waals surface area contributed by atoms with E-state index in [1.54, 1.807) is 12.1 Å². The van der Waals surface area contributed by atoms with E-state index in [-0.39, 0.29) is 5.54 Å². The predicted octanol–water partition coefficient (Wildman–Crippen LogP) is 2.34. The molecule has 164 valence electrons. The molecule has 1 amide bonds. The first-order valence-electron chi connectivity index (χ1n) is 10.1. The highest BCUT2D eigenvalue weighted by Gasteiger charge is 2.47. The molecule has 3 atom stereocenters. The zero-order chi connectivity index (χ0) is 22.1. The Hall–Kier alpha value is -2.52. The minimum absolute atomic E-state index is 0.223. The first-order chi connectivity index (χ1) is 14.1. The number of halogens is 1. The molecule has 3 heterocycles. The zero-order valence-corrected chi connectivity index (χ0v) is 17.9. The van der Waals surface area contributed by atoms with Gasteiger partial charge in [0.15, 0.2) is 0 Å². The Bertz CT molecular complexity index is 933. The molecule has 0 bridgehead atoms. The van der Waals surface area contributed by atoms with E-state index in [1.165, 1.54) is 13.3 Å². The number of carbonyl (C=O) groups is 1. The van der Waals surface area contributed by atoms with Gasteiger partial charge in [-0.3, -0.25) is 4.98 Å². The van der Waals surface area contributed by atoms with E-state index in [0.717, 1.165) is 0 Å². The van der Waals surface area contributed by atoms with Crippen LogP contribution in [0.15, 0.2) is 18.3 Å². The quantitative estimate of drug-likeness (QED) is 0.640. The van der Waals surface area contributed by atoms with Gasteiger partial charge >= 0.3 is 6.09 Å². The van der Waals surface area contributed by atoms with Crippen LogP contribution < -0.4 is 10.1 Å². The Morgan fingerprint density at radius 1 is 1.40 bits per heavy atom. The molecule has 0 saturated carbocycles. The molecule has 9 heteroatoms. The molecule has 3 N–H and O–H groups in total. The smallest absolute Gasteiger partial charge is 0.404 e. The summed E-state index contributed by atoms with van der Waals surface area (Å²) in [5.41, 5.74) is 1.32. The summed E-state index contributed by atoms with van der Waals surface area (Å²) in [7, 11) is 1.51. The molecule has 1 fully saturated rings. The summed E-state index contributed by atoms with van der Waals surface area (Å²) in [5.74, 6) is -0.0230. The van der Waals surface area contributed by atoms with E-state index in [1.807, 2.05) is 0 Å². The van der Waals surface area contributed by atoms with Crippen molar-refractivity contribution >= 4 is 17.1 Å². The molecule has 1 aliphatic heterocycles. The Balaban J connectivity index is 1.90. The van der Waals surface area contributed by atoms with Gasteiger partial charge in [-0.1, -0.05) is 0 Å². The molecular weight excluding hydrogens is 391 g/mol. The maximum absolute atomic E-state index is 14.7. The number of fused-ring (bicyclic) bond motifs is 1. The number of nitrogens with one attached hydrogen (secondary N) is 1. The number of carboxylic acid groups (broad SMARTS) is 1. The van der Waals surface area contributed by atoms with Crippen LogP contribution >= 0.6 is 0 Å². The number of rotatable bonds is 5. The third kappa shape index (κ3) is 4.32. The van der Waals surface area contributed by atoms with E-state index < -0.39 is 24.1 Å². The Morgan fingerprint density at radius 2 is 2.13 bits per heavy atom. The predicted molar refractivity (Wildman–Crippen MR) is 110 cm³/mol. The third-order valence-corrected chi connectivity index (χ3v) is 6.34. The molecule has 2 aromatic heterocycles. The Kier molecular flexibility index (Phi) is 6.14. The van der Waals surface area contributed by atoms with Crippen LogP contribution in [0.1, 0.15) is 32.8 Å². The van der Waals surface area contributed by atoms with E-state index in [4.69, 9.17) is 9.84 Å². The fourth-order valence-electron chi connectivity index (χ4n) is 4.38. The zero-order valence-electron chi connectivity index (χ0n) is 17.9. The number of pyridine rings is 2. The fraction of sp³-hybridized carbons (Fsp3) is 0.571. The molecule has 1 saturated heterocycles. The van der Waals surface area contributed by atoms with Gasteiger partial charge in [0.1, 0.15) is 18.5 Å². The molecule has 30 heavy (non-hydrogen) atoms. The van der Waals surface area contributed by atoms with E-state index in [0.29, 0.717) is 59.4 Å². The molecule has 1 aliphatic rings. The van der Waals surface area contributed by atoms with Gasteiger partial charge < -0.3 is 24.7 Å². The summed E-state index contributed by atoms with van der Waals surface area (Å²) in [6.07, 6.45) is 0.180. The summed E-state index contributed by atoms with van der Waals surface area (Å²) in [4.78, 5) is 19.5. The number of hydrogen-bond donors (Lipinski definition) is 3. The van der Waals surface area contributed by atoms with Crippen LogP contribution in [-0.4, -0.2) is 75.2 Å². The number of aromatic nitrogens is 2. The first kappa shape index (κ1) is 22.2. The maximum atomic E-state index is 14.7. The van der Waals surface area contributed by atoms with Crippen molar-refractivity contribution < 1.29 is 28.6 Å². The number of aliphatic hydroxyl groups excluding tert-OH is 1. The van der Waals surface area contributed by atoms with Crippen molar-refractivity contribution in [1.82, 2.24) is 15.3 Å². The molecule has 0 radical (unpaired) electrons. The molecule has 0 spiro atoms. The summed E-state index contributed by atoms with van der Waals surface area (Å²) in [6, 6.07) is 2.95. The number of methoxy groups -OCH3 is 1. The average Bonchev–Trinajstić information content (AvgIpc) is 2.67. The van der Waals surface area contributed by atoms with E-state index in [2.05, 4.69) is 36.1 Å². The van der Waals surface area contributed by atoms with E-state index >= 15 is 0 Å². The highest BCUT2D eigenvalue weighted by atomic mass is 19.1. The number of ether oxygens (including phenoxy) is 1. The second-order valence-corrected chi connectivity index (χ2v) is 8.91. The van der Waals surface area contributed by atoms with Crippen LogP contribution in [0.25, 0.3) is 11.0 Å². The summed E-state index contributed by atoms with van der Waals surface area (Å²) in [5, 5.41) is 22.1. The largest absolute Gasteiger partial charge is 0.481 e. The lowest BCUT2D eigenvalue weighted by Gasteiger charge is -2.53. The van der Waals surface area contributed by atoms with Gasteiger partial charge in [0.25, 0.3) is 0 Å². The number of amides is 1. The van der Waals surface area contributed by atoms with Gasteiger partial charge in [-0.15, -0.1) is 0 Å². The van der Waals surface area contributed by atoms with Gasteiger partial charge in [-0.05, 0) is 26.8 Å². The van der Waals surface area contributed by atoms with Crippen molar-refractivity contribution in [3.8, 4) is 5.88 Å². The van der Waals surface area contributed by atoms with Crippen molar-refractivity contribution in [2.75, 3.05) is 26.7 Å². The van der Waals surface area contributed by atoms with Crippen LogP contribution in [0.3, 0.4) is 0 Å². The Morgan fingerprint density at radius 3 is 2.73 bits per heavy atom. The van der Waals surface area contributed by atoms with Gasteiger partial charge in [-0.25, -0.2) is 14.2 Å². The maximum Gasteiger partial charge on any atom is 0.404 e. The van der Waals surface area contributed by atoms with E-state index in [9.17, 15) is 14.3 Å². The van der Waals surface area contributed by atoms with Crippen molar-refractivity contribution in [2.24, 2.45) is 0 Å². The number of quaternary nitrogens is 1. The molecule has 8 nitrogen and oxygen atoms in total. The van der Waals surface area contributed by atoms with Crippen LogP contribution in [0.2, 0.25) is 0 Å². The van der Waals surface area contributed by atoms with Crippen molar-refractivity contribution in [2.45, 2.75) is 51.3 Å². The number of likely N-dealkylation sites (tertiary alicyclic amines) is 1. The standard InChI is InChI=1S/C21H29FN4O4/c1-21(2,3)26(10-8-15(17(27)12-26)24-20(28)29)9-7-13-14(22)11-23-16-5-6-18(30-4)25-19(13)16/h5-6,11,15,17,24,27H,7-10,12H2,1-4H3/p+1. The topological polar surface area (TPSA) is 105 Å². The highest BCUT2D eigenvalue weighted by Crippen LogP contribution is 2.32. The summed E-state index contributed by atoms with van der Waals surface area (Å²) in [6.45, 7) is 7.91. The van der Waals surface area contributed by atoms with Crippen LogP contribution in [0.5, 0.6) is 5.88 Å². The Labute approximate surface area is 175 Å². The van der Waals surface area contributed by atoms with Crippen LogP contribution in [-0.2, 0) is 6.42 Å². The fourth-order valence-corrected chi connectivity index (χ4v) is 4.38. The number of aliphatic hydroxyl groups is 1. The highest BCUT2D eigenvalue weighted by molar-refractivity contribution is 5.78. The molecule has 0 aromatic carbocycles. The average molecular weight is 421 g/mol. The van der Waals surface area contributed by atoms with Crippen molar-refractivity contribution in [3.63, 3.8) is 0 Å². The second-order valence-electron chi connectivity index (χ2n) is 8.91. The van der Waals surface area contributed by atoms with Gasteiger partial charge in [-0.2, -0.15) is 0 Å². The number of nitrogens with zero attached hydrogens (tertiary/aromatic N) is 3. The van der Waals surface area contributed by atoms with Crippen molar-refractivity contribution in [3.05, 3.63) is 29.7 Å². The molecule has 2 aromatic rings. The first-order valence-corrected chi connectivity index (χ1v) is 10.1. The lowest BCUT2D eigenvalue weighted by molar-refractivity contribution is -0.977. The SMILES string of the molecule is COc1ccc2ncc(F)c(CC[N+]3(C(C)(C)C)CCC(NC(=O)O)C(O)C3)c2n1. The second kappa shape index (κ2) is 8.31. The normalized spacial score (nSPS) is 24.6. The summed E-state index contributed by atoms with van der Waals surface area (Å²) >= 11 is 0. The van der Waals surface area contributed by atoms with Crippen molar-refractivity contribution in [1.29, 1.82) is 0 Å². The van der Waals surface area contributed by atoms with Gasteiger partial charge in [0, 0.05) is 24.5 Å².